The molecule has 3 heterocycles. The largest absolute Gasteiger partial charge is 0.383 e. The van der Waals surface area contributed by atoms with Crippen LogP contribution < -0.4 is 5.73 Å². The molecule has 2 aromatic heterocycles. The Morgan fingerprint density at radius 3 is 3.05 bits per heavy atom. The lowest BCUT2D eigenvalue weighted by molar-refractivity contribution is 1.21. The molecule has 0 fully saturated rings. The summed E-state index contributed by atoms with van der Waals surface area (Å²) in [5.74, 6) is 0.502. The molecule has 1 atom stereocenters. The molecule has 1 aromatic carbocycles. The number of nitrogens with two attached hydrogens (primary N) is 1. The Morgan fingerprint density at radius 1 is 1.20 bits per heavy atom. The summed E-state index contributed by atoms with van der Waals surface area (Å²) in [7, 11) is 0. The molecule has 20 heavy (non-hydrogen) atoms. The molecule has 3 aromatic rings. The van der Waals surface area contributed by atoms with Crippen LogP contribution in [0.2, 0.25) is 0 Å². The average molecular weight is 281 g/mol. The van der Waals surface area contributed by atoms with Crippen molar-refractivity contribution in [1.29, 1.82) is 0 Å². The van der Waals surface area contributed by atoms with Gasteiger partial charge in [-0.25, -0.2) is 9.97 Å². The summed E-state index contributed by atoms with van der Waals surface area (Å²) in [4.78, 5) is 16.9. The minimum atomic E-state index is 0.199. The van der Waals surface area contributed by atoms with E-state index in [2.05, 4.69) is 26.0 Å². The molecule has 0 saturated carbocycles. The number of hydrogen-bond acceptors (Lipinski definition) is 5. The van der Waals surface area contributed by atoms with E-state index in [1.165, 1.54) is 11.9 Å². The number of rotatable bonds is 2. The normalized spacial score (nSPS) is 16.7. The van der Waals surface area contributed by atoms with Crippen LogP contribution >= 0.6 is 11.8 Å². The number of benzene rings is 1. The predicted octanol–water partition coefficient (Wildman–Crippen LogP) is 3.09. The van der Waals surface area contributed by atoms with Crippen molar-refractivity contribution < 1.29 is 0 Å². The molecule has 3 N–H and O–H groups in total. The van der Waals surface area contributed by atoms with Crippen molar-refractivity contribution in [2.24, 2.45) is 4.99 Å². The minimum absolute atomic E-state index is 0.199. The van der Waals surface area contributed by atoms with E-state index in [0.29, 0.717) is 5.82 Å². The van der Waals surface area contributed by atoms with Gasteiger partial charge >= 0.3 is 0 Å². The van der Waals surface area contributed by atoms with Crippen LogP contribution in [-0.4, -0.2) is 21.2 Å². The van der Waals surface area contributed by atoms with Crippen LogP contribution in [0.5, 0.6) is 0 Å². The number of anilines is 1. The van der Waals surface area contributed by atoms with Crippen molar-refractivity contribution in [3.05, 3.63) is 42.4 Å². The molecule has 4 rings (SSSR count). The maximum absolute atomic E-state index is 5.95. The fourth-order valence-corrected chi connectivity index (χ4v) is 3.52. The van der Waals surface area contributed by atoms with E-state index in [4.69, 9.17) is 5.73 Å². The van der Waals surface area contributed by atoms with Crippen LogP contribution in [0.25, 0.3) is 11.0 Å². The third kappa shape index (κ3) is 1.69. The third-order valence-electron chi connectivity index (χ3n) is 3.31. The summed E-state index contributed by atoms with van der Waals surface area (Å²) in [5.41, 5.74) is 8.98. The first-order chi connectivity index (χ1) is 9.83. The molecule has 6 heteroatoms. The zero-order valence-corrected chi connectivity index (χ0v) is 11.3. The zero-order valence-electron chi connectivity index (χ0n) is 10.4. The summed E-state index contributed by atoms with van der Waals surface area (Å²) >= 11 is 1.70. The predicted molar refractivity (Wildman–Crippen MR) is 81.5 cm³/mol. The highest BCUT2D eigenvalue weighted by molar-refractivity contribution is 8.00. The summed E-state index contributed by atoms with van der Waals surface area (Å²) in [6.07, 6.45) is 5.36. The summed E-state index contributed by atoms with van der Waals surface area (Å²) < 4.78 is 0. The zero-order chi connectivity index (χ0) is 13.5. The fourth-order valence-electron chi connectivity index (χ4n) is 2.36. The van der Waals surface area contributed by atoms with E-state index in [1.54, 1.807) is 11.8 Å². The van der Waals surface area contributed by atoms with E-state index in [1.807, 2.05) is 30.6 Å². The van der Waals surface area contributed by atoms with Crippen molar-refractivity contribution in [3.8, 4) is 0 Å². The van der Waals surface area contributed by atoms with Gasteiger partial charge in [0.2, 0.25) is 0 Å². The van der Waals surface area contributed by atoms with Crippen molar-refractivity contribution in [2.45, 2.75) is 10.1 Å². The van der Waals surface area contributed by atoms with Crippen molar-refractivity contribution >= 4 is 40.5 Å². The van der Waals surface area contributed by atoms with E-state index >= 15 is 0 Å². The Bertz CT molecular complexity index is 823. The van der Waals surface area contributed by atoms with Crippen LogP contribution in [0.15, 0.2) is 46.7 Å². The quantitative estimate of drug-likeness (QED) is 0.756. The lowest BCUT2D eigenvalue weighted by atomic mass is 10.1. The molecule has 0 saturated heterocycles. The lowest BCUT2D eigenvalue weighted by Crippen LogP contribution is -1.93. The van der Waals surface area contributed by atoms with Crippen LogP contribution in [0.3, 0.4) is 0 Å². The Balaban J connectivity index is 1.75. The number of thioether (sulfide) groups is 1. The molecule has 0 aliphatic carbocycles. The number of para-hydroxylation sites is 1. The average Bonchev–Trinajstić information content (AvgIpc) is 3.06. The third-order valence-corrected chi connectivity index (χ3v) is 4.51. The van der Waals surface area contributed by atoms with Crippen LogP contribution in [-0.2, 0) is 0 Å². The van der Waals surface area contributed by atoms with Crippen LogP contribution in [0.1, 0.15) is 10.8 Å². The van der Waals surface area contributed by atoms with Crippen molar-refractivity contribution in [2.75, 3.05) is 5.73 Å². The van der Waals surface area contributed by atoms with Gasteiger partial charge in [0.15, 0.2) is 0 Å². The molecule has 1 unspecified atom stereocenters. The number of aromatic amines is 1. The maximum Gasteiger partial charge on any atom is 0.144 e. The molecule has 98 valence electrons. The van der Waals surface area contributed by atoms with Gasteiger partial charge in [0.05, 0.1) is 16.3 Å². The van der Waals surface area contributed by atoms with E-state index < -0.39 is 0 Å². The van der Waals surface area contributed by atoms with Crippen LogP contribution in [0, 0.1) is 0 Å². The van der Waals surface area contributed by atoms with Crippen molar-refractivity contribution in [3.63, 3.8) is 0 Å². The van der Waals surface area contributed by atoms with E-state index in [0.717, 1.165) is 21.6 Å². The van der Waals surface area contributed by atoms with Crippen LogP contribution in [0.4, 0.5) is 11.5 Å². The topological polar surface area (TPSA) is 80.0 Å². The van der Waals surface area contributed by atoms with Gasteiger partial charge in [0.25, 0.3) is 0 Å². The van der Waals surface area contributed by atoms with Gasteiger partial charge in [-0.3, -0.25) is 4.99 Å². The van der Waals surface area contributed by atoms with Gasteiger partial charge in [0.1, 0.15) is 17.8 Å². The molecule has 0 radical (unpaired) electrons. The molecule has 5 nitrogen and oxygen atoms in total. The summed E-state index contributed by atoms with van der Waals surface area (Å²) in [6, 6.07) is 8.17. The Labute approximate surface area is 119 Å². The number of nitrogens with one attached hydrogen (secondary N) is 1. The smallest absolute Gasteiger partial charge is 0.144 e. The second-order valence-electron chi connectivity index (χ2n) is 4.51. The van der Waals surface area contributed by atoms with Gasteiger partial charge in [0, 0.05) is 17.3 Å². The number of nitrogen functional groups attached to an aromatic ring is 1. The number of nitrogens with zero attached hydrogens (tertiary/aromatic N) is 3. The highest BCUT2D eigenvalue weighted by atomic mass is 32.2. The van der Waals surface area contributed by atoms with Gasteiger partial charge in [-0.1, -0.05) is 18.2 Å². The SMILES string of the molecule is Nc1ncnc2[nH]cc(SC3C=Nc4ccccc43)c12. The second kappa shape index (κ2) is 4.35. The first-order valence-electron chi connectivity index (χ1n) is 6.20. The molecular weight excluding hydrogens is 270 g/mol. The number of hydrogen-bond donors (Lipinski definition) is 2. The Morgan fingerprint density at radius 2 is 2.10 bits per heavy atom. The molecule has 0 spiro atoms. The number of fused-ring (bicyclic) bond motifs is 2. The first kappa shape index (κ1) is 11.5. The highest BCUT2D eigenvalue weighted by Crippen LogP contribution is 2.44. The first-order valence-corrected chi connectivity index (χ1v) is 7.08. The number of aliphatic imine (C=N–C) groups is 1. The Kier molecular flexibility index (Phi) is 2.50. The fraction of sp³-hybridized carbons (Fsp3) is 0.0714. The molecule has 1 aliphatic rings. The molecule has 0 amide bonds. The minimum Gasteiger partial charge on any atom is -0.383 e. The monoisotopic (exact) mass is 281 g/mol. The molecule has 0 bridgehead atoms. The number of aromatic nitrogens is 3. The number of H-pyrrole nitrogens is 1. The second-order valence-corrected chi connectivity index (χ2v) is 5.69. The summed E-state index contributed by atoms with van der Waals surface area (Å²) in [5, 5.41) is 1.08. The molecule has 1 aliphatic heterocycles. The van der Waals surface area contributed by atoms with E-state index in [9.17, 15) is 0 Å². The van der Waals surface area contributed by atoms with Gasteiger partial charge < -0.3 is 10.7 Å². The standard InChI is InChI=1S/C14H11N5S/c15-13-12-11(6-17-14(12)19-7-18-13)20-10-5-16-9-4-2-1-3-8(9)10/h1-7,10H,(H3,15,17,18,19). The summed E-state index contributed by atoms with van der Waals surface area (Å²) in [6.45, 7) is 0. The maximum atomic E-state index is 5.95. The van der Waals surface area contributed by atoms with Gasteiger partial charge in [-0.05, 0) is 11.6 Å². The van der Waals surface area contributed by atoms with Gasteiger partial charge in [-0.2, -0.15) is 0 Å². The van der Waals surface area contributed by atoms with Crippen molar-refractivity contribution in [1.82, 2.24) is 15.0 Å². The Hall–Kier alpha value is -2.34. The van der Waals surface area contributed by atoms with Gasteiger partial charge in [-0.15, -0.1) is 11.8 Å². The van der Waals surface area contributed by atoms with E-state index in [-0.39, 0.29) is 5.25 Å². The molecular formula is C14H11N5S. The highest BCUT2D eigenvalue weighted by Gasteiger charge is 2.21. The lowest BCUT2D eigenvalue weighted by Gasteiger charge is -2.08.